The maximum Gasteiger partial charge on any atom is 0.161 e. The number of alkyl halides is 1. The van der Waals surface area contributed by atoms with Crippen LogP contribution in [0.3, 0.4) is 0 Å². The van der Waals surface area contributed by atoms with Crippen LogP contribution in [0.15, 0.2) is 18.2 Å². The molecule has 1 aliphatic rings. The molecule has 0 aliphatic carbocycles. The van der Waals surface area contributed by atoms with Crippen LogP contribution < -0.4 is 9.47 Å². The van der Waals surface area contributed by atoms with Gasteiger partial charge >= 0.3 is 0 Å². The van der Waals surface area contributed by atoms with Crippen molar-refractivity contribution in [3.63, 3.8) is 0 Å². The molecule has 1 heterocycles. The van der Waals surface area contributed by atoms with Gasteiger partial charge in [-0.1, -0.05) is 22.0 Å². The molecule has 3 nitrogen and oxygen atoms in total. The summed E-state index contributed by atoms with van der Waals surface area (Å²) in [6.45, 7) is 3.36. The van der Waals surface area contributed by atoms with Gasteiger partial charge in [-0.2, -0.15) is 0 Å². The van der Waals surface area contributed by atoms with Gasteiger partial charge in [0, 0.05) is 18.4 Å². The van der Waals surface area contributed by atoms with Crippen LogP contribution in [0, 0.1) is 5.92 Å². The lowest BCUT2D eigenvalue weighted by Gasteiger charge is -2.17. The van der Waals surface area contributed by atoms with Gasteiger partial charge in [0.15, 0.2) is 11.5 Å². The van der Waals surface area contributed by atoms with Gasteiger partial charge < -0.3 is 9.47 Å². The van der Waals surface area contributed by atoms with Crippen molar-refractivity contribution >= 4 is 15.9 Å². The minimum absolute atomic E-state index is 0.793. The standard InChI is InChI=1S/C14H20BrNO2/c1-17-13-4-3-11(7-14(13)18-2)9-16-6-5-12(8-15)10-16/h3-4,7,12H,5-6,8-10H2,1-2H3. The Balaban J connectivity index is 2.01. The van der Waals surface area contributed by atoms with Gasteiger partial charge in [-0.15, -0.1) is 0 Å². The van der Waals surface area contributed by atoms with E-state index in [4.69, 9.17) is 9.47 Å². The van der Waals surface area contributed by atoms with E-state index in [2.05, 4.69) is 33.0 Å². The van der Waals surface area contributed by atoms with Crippen molar-refractivity contribution in [1.82, 2.24) is 4.90 Å². The summed E-state index contributed by atoms with van der Waals surface area (Å²) in [5.41, 5.74) is 1.28. The number of ether oxygens (including phenoxy) is 2. The summed E-state index contributed by atoms with van der Waals surface area (Å²) < 4.78 is 10.6. The van der Waals surface area contributed by atoms with Crippen LogP contribution >= 0.6 is 15.9 Å². The summed E-state index contributed by atoms with van der Waals surface area (Å²) in [5, 5.41) is 1.11. The first kappa shape index (κ1) is 13.7. The van der Waals surface area contributed by atoms with E-state index >= 15 is 0 Å². The Hall–Kier alpha value is -0.740. The quantitative estimate of drug-likeness (QED) is 0.780. The molecule has 1 aliphatic heterocycles. The third kappa shape index (κ3) is 3.18. The van der Waals surface area contributed by atoms with Crippen molar-refractivity contribution in [3.8, 4) is 11.5 Å². The highest BCUT2D eigenvalue weighted by Crippen LogP contribution is 2.29. The maximum atomic E-state index is 5.33. The Labute approximate surface area is 117 Å². The Morgan fingerprint density at radius 1 is 1.28 bits per heavy atom. The van der Waals surface area contributed by atoms with Crippen LogP contribution in [0.1, 0.15) is 12.0 Å². The molecular weight excluding hydrogens is 294 g/mol. The molecule has 18 heavy (non-hydrogen) atoms. The Morgan fingerprint density at radius 2 is 2.06 bits per heavy atom. The van der Waals surface area contributed by atoms with E-state index in [-0.39, 0.29) is 0 Å². The number of hydrogen-bond donors (Lipinski definition) is 0. The van der Waals surface area contributed by atoms with Crippen molar-refractivity contribution in [3.05, 3.63) is 23.8 Å². The number of methoxy groups -OCH3 is 2. The van der Waals surface area contributed by atoms with Gasteiger partial charge in [-0.05, 0) is 36.6 Å². The molecule has 100 valence electrons. The zero-order valence-electron chi connectivity index (χ0n) is 11.0. The van der Waals surface area contributed by atoms with Gasteiger partial charge in [0.05, 0.1) is 14.2 Å². The molecule has 1 aromatic carbocycles. The largest absolute Gasteiger partial charge is 0.493 e. The molecule has 0 radical (unpaired) electrons. The zero-order chi connectivity index (χ0) is 13.0. The fourth-order valence-corrected chi connectivity index (χ4v) is 2.95. The van der Waals surface area contributed by atoms with E-state index in [9.17, 15) is 0 Å². The molecule has 1 fully saturated rings. The van der Waals surface area contributed by atoms with E-state index in [0.717, 1.165) is 29.3 Å². The molecule has 2 rings (SSSR count). The van der Waals surface area contributed by atoms with E-state index in [1.54, 1.807) is 14.2 Å². The Morgan fingerprint density at radius 3 is 2.67 bits per heavy atom. The lowest BCUT2D eigenvalue weighted by molar-refractivity contribution is 0.318. The lowest BCUT2D eigenvalue weighted by Crippen LogP contribution is -2.20. The number of nitrogens with zero attached hydrogens (tertiary/aromatic N) is 1. The van der Waals surface area contributed by atoms with Gasteiger partial charge in [0.25, 0.3) is 0 Å². The number of halogens is 1. The molecule has 1 atom stereocenters. The fourth-order valence-electron chi connectivity index (χ4n) is 2.42. The fraction of sp³-hybridized carbons (Fsp3) is 0.571. The van der Waals surface area contributed by atoms with Gasteiger partial charge in [0.2, 0.25) is 0 Å². The topological polar surface area (TPSA) is 21.7 Å². The molecular formula is C14H20BrNO2. The minimum Gasteiger partial charge on any atom is -0.493 e. The van der Waals surface area contributed by atoms with Crippen LogP contribution in [0.2, 0.25) is 0 Å². The molecule has 0 saturated carbocycles. The minimum atomic E-state index is 0.793. The molecule has 0 bridgehead atoms. The highest BCUT2D eigenvalue weighted by atomic mass is 79.9. The number of rotatable bonds is 5. The monoisotopic (exact) mass is 313 g/mol. The smallest absolute Gasteiger partial charge is 0.161 e. The number of benzene rings is 1. The summed E-state index contributed by atoms with van der Waals surface area (Å²) in [7, 11) is 3.34. The Kier molecular flexibility index (Phi) is 4.89. The first-order valence-corrected chi connectivity index (χ1v) is 7.38. The van der Waals surface area contributed by atoms with Crippen molar-refractivity contribution in [2.24, 2.45) is 5.92 Å². The normalized spacial score (nSPS) is 20.1. The summed E-state index contributed by atoms with van der Waals surface area (Å²) >= 11 is 3.57. The summed E-state index contributed by atoms with van der Waals surface area (Å²) in [6, 6.07) is 6.16. The molecule has 0 spiro atoms. The van der Waals surface area contributed by atoms with Crippen molar-refractivity contribution in [2.75, 3.05) is 32.6 Å². The van der Waals surface area contributed by atoms with E-state index < -0.39 is 0 Å². The number of likely N-dealkylation sites (tertiary alicyclic amines) is 1. The second-order valence-electron chi connectivity index (χ2n) is 4.73. The highest BCUT2D eigenvalue weighted by molar-refractivity contribution is 9.09. The lowest BCUT2D eigenvalue weighted by atomic mass is 10.1. The Bertz CT molecular complexity index is 397. The van der Waals surface area contributed by atoms with Crippen molar-refractivity contribution in [1.29, 1.82) is 0 Å². The molecule has 4 heteroatoms. The van der Waals surface area contributed by atoms with Crippen LogP contribution in [0.5, 0.6) is 11.5 Å². The van der Waals surface area contributed by atoms with Crippen LogP contribution in [0.4, 0.5) is 0 Å². The molecule has 0 amide bonds. The van der Waals surface area contributed by atoms with E-state index in [1.807, 2.05) is 6.07 Å². The summed E-state index contributed by atoms with van der Waals surface area (Å²) in [4.78, 5) is 2.49. The average molecular weight is 314 g/mol. The molecule has 1 aromatic rings. The van der Waals surface area contributed by atoms with Crippen molar-refractivity contribution in [2.45, 2.75) is 13.0 Å². The first-order chi connectivity index (χ1) is 8.76. The SMILES string of the molecule is COc1ccc(CN2CCC(CBr)C2)cc1OC. The van der Waals surface area contributed by atoms with Gasteiger partial charge in [-0.3, -0.25) is 4.90 Å². The summed E-state index contributed by atoms with van der Waals surface area (Å²) in [6.07, 6.45) is 1.29. The average Bonchev–Trinajstić information content (AvgIpc) is 2.86. The second-order valence-corrected chi connectivity index (χ2v) is 5.38. The predicted octanol–water partition coefficient (Wildman–Crippen LogP) is 2.92. The number of hydrogen-bond acceptors (Lipinski definition) is 3. The summed E-state index contributed by atoms with van der Waals surface area (Å²) in [5.74, 6) is 2.40. The van der Waals surface area contributed by atoms with Crippen LogP contribution in [0.25, 0.3) is 0 Å². The van der Waals surface area contributed by atoms with Gasteiger partial charge in [0.1, 0.15) is 0 Å². The predicted molar refractivity (Wildman–Crippen MR) is 76.7 cm³/mol. The van der Waals surface area contributed by atoms with Crippen LogP contribution in [-0.2, 0) is 6.54 Å². The molecule has 0 N–H and O–H groups in total. The molecule has 1 saturated heterocycles. The zero-order valence-corrected chi connectivity index (χ0v) is 12.6. The third-order valence-corrected chi connectivity index (χ3v) is 4.36. The molecule has 0 aromatic heterocycles. The van der Waals surface area contributed by atoms with Crippen LogP contribution in [-0.4, -0.2) is 37.5 Å². The molecule has 1 unspecified atom stereocenters. The maximum absolute atomic E-state index is 5.33. The third-order valence-electron chi connectivity index (χ3n) is 3.44. The highest BCUT2D eigenvalue weighted by Gasteiger charge is 2.21. The first-order valence-electron chi connectivity index (χ1n) is 6.26. The van der Waals surface area contributed by atoms with Crippen molar-refractivity contribution < 1.29 is 9.47 Å². The van der Waals surface area contributed by atoms with Gasteiger partial charge in [-0.25, -0.2) is 0 Å². The second kappa shape index (κ2) is 6.43. The van der Waals surface area contributed by atoms with E-state index in [1.165, 1.54) is 25.1 Å². The van der Waals surface area contributed by atoms with E-state index in [0.29, 0.717) is 0 Å².